The molecule has 1 aliphatic carbocycles. The fraction of sp³-hybridized carbons (Fsp3) is 0.696. The van der Waals surface area contributed by atoms with Crippen molar-refractivity contribution in [3.63, 3.8) is 0 Å². The van der Waals surface area contributed by atoms with Crippen LogP contribution in [0.3, 0.4) is 0 Å². The summed E-state index contributed by atoms with van der Waals surface area (Å²) in [5.41, 5.74) is 1.85. The van der Waals surface area contributed by atoms with Crippen LogP contribution in [0.1, 0.15) is 64.0 Å². The first-order valence-electron chi connectivity index (χ1n) is 11.7. The summed E-state index contributed by atoms with van der Waals surface area (Å²) in [5, 5.41) is 6.97. The number of guanidine groups is 1. The number of hydrogen-bond acceptors (Lipinski definition) is 4. The molecule has 1 aliphatic heterocycles. The molecule has 3 N–H and O–H groups in total. The van der Waals surface area contributed by atoms with Gasteiger partial charge in [-0.25, -0.2) is 18.1 Å². The van der Waals surface area contributed by atoms with E-state index in [0.29, 0.717) is 12.6 Å². The zero-order valence-corrected chi connectivity index (χ0v) is 22.8. The number of nitrogens with zero attached hydrogens (tertiary/aromatic N) is 2. The first-order valence-corrected chi connectivity index (χ1v) is 13.4. The van der Waals surface area contributed by atoms with Crippen LogP contribution in [-0.2, 0) is 22.3 Å². The molecule has 1 unspecified atom stereocenters. The Labute approximate surface area is 211 Å². The Bertz CT molecular complexity index is 823. The van der Waals surface area contributed by atoms with Crippen molar-refractivity contribution in [3.8, 4) is 0 Å². The van der Waals surface area contributed by atoms with Crippen LogP contribution in [0, 0.1) is 0 Å². The molecule has 0 amide bonds. The Morgan fingerprint density at radius 1 is 1.12 bits per heavy atom. The van der Waals surface area contributed by atoms with E-state index in [1.165, 1.54) is 32.2 Å². The third-order valence-corrected chi connectivity index (χ3v) is 7.50. The highest BCUT2D eigenvalue weighted by molar-refractivity contribution is 14.0. The van der Waals surface area contributed by atoms with Crippen molar-refractivity contribution in [1.29, 1.82) is 0 Å². The Morgan fingerprint density at radius 2 is 1.78 bits per heavy atom. The van der Waals surface area contributed by atoms with E-state index in [-0.39, 0.29) is 35.8 Å². The molecular formula is C23H40IN5O2S. The third kappa shape index (κ3) is 8.79. The van der Waals surface area contributed by atoms with Crippen molar-refractivity contribution < 1.29 is 8.42 Å². The van der Waals surface area contributed by atoms with Gasteiger partial charge in [0.2, 0.25) is 10.0 Å². The summed E-state index contributed by atoms with van der Waals surface area (Å²) in [6, 6.07) is 8.81. The number of hydrogen-bond donors (Lipinski definition) is 3. The molecule has 1 atom stereocenters. The normalized spacial score (nSPS) is 20.5. The summed E-state index contributed by atoms with van der Waals surface area (Å²) in [7, 11) is -3.31. The minimum atomic E-state index is -3.31. The van der Waals surface area contributed by atoms with Crippen LogP contribution in [0.25, 0.3) is 0 Å². The molecular weight excluding hydrogens is 537 g/mol. The summed E-state index contributed by atoms with van der Waals surface area (Å²) in [6.07, 6.45) is 6.62. The standard InChI is InChI=1S/C23H39N5O2S.HI/c1-4-24-23(26-21-13-14-28(16-21)22-7-5-6-8-22)25-15-19-9-11-20(12-10-19)17-31(29,30)27-18(2)3;/h9-12,18,21-22,27H,4-8,13-17H2,1-3H3,(H2,24,25,26);1H. The summed E-state index contributed by atoms with van der Waals surface area (Å²) in [6.45, 7) is 9.40. The van der Waals surface area contributed by atoms with Crippen molar-refractivity contribution in [2.24, 2.45) is 4.99 Å². The molecule has 1 saturated heterocycles. The highest BCUT2D eigenvalue weighted by Gasteiger charge is 2.30. The first-order chi connectivity index (χ1) is 14.8. The molecule has 1 saturated carbocycles. The lowest BCUT2D eigenvalue weighted by Crippen LogP contribution is -2.45. The van der Waals surface area contributed by atoms with Gasteiger partial charge < -0.3 is 10.6 Å². The van der Waals surface area contributed by atoms with Gasteiger partial charge in [-0.15, -0.1) is 24.0 Å². The third-order valence-electron chi connectivity index (χ3n) is 5.96. The first kappa shape index (κ1) is 27.3. The van der Waals surface area contributed by atoms with Gasteiger partial charge in [-0.3, -0.25) is 4.90 Å². The zero-order chi connectivity index (χ0) is 22.3. The number of benzene rings is 1. The second-order valence-corrected chi connectivity index (χ2v) is 10.9. The van der Waals surface area contributed by atoms with Crippen molar-refractivity contribution in [2.75, 3.05) is 19.6 Å². The minimum Gasteiger partial charge on any atom is -0.357 e. The number of rotatable bonds is 9. The number of likely N-dealkylation sites (tertiary alicyclic amines) is 1. The van der Waals surface area contributed by atoms with Gasteiger partial charge in [-0.1, -0.05) is 37.1 Å². The fourth-order valence-electron chi connectivity index (χ4n) is 4.55. The van der Waals surface area contributed by atoms with Gasteiger partial charge >= 0.3 is 0 Å². The van der Waals surface area contributed by atoms with E-state index in [1.807, 2.05) is 38.1 Å². The maximum absolute atomic E-state index is 12.1. The number of halogens is 1. The van der Waals surface area contributed by atoms with Gasteiger partial charge in [0.05, 0.1) is 12.3 Å². The van der Waals surface area contributed by atoms with Crippen molar-refractivity contribution in [1.82, 2.24) is 20.3 Å². The Morgan fingerprint density at radius 3 is 2.41 bits per heavy atom. The van der Waals surface area contributed by atoms with Gasteiger partial charge in [0.1, 0.15) is 0 Å². The SMILES string of the molecule is CCNC(=NCc1ccc(CS(=O)(=O)NC(C)C)cc1)NC1CCN(C2CCCC2)C1.I. The van der Waals surface area contributed by atoms with Crippen LogP contribution in [0.15, 0.2) is 29.3 Å². The Balaban J connectivity index is 0.00000363. The van der Waals surface area contributed by atoms with Crippen LogP contribution in [-0.4, -0.2) is 57.0 Å². The molecule has 9 heteroatoms. The predicted molar refractivity (Wildman–Crippen MR) is 143 cm³/mol. The second-order valence-electron chi connectivity index (χ2n) is 9.11. The molecule has 0 spiro atoms. The molecule has 7 nitrogen and oxygen atoms in total. The Kier molecular flexibility index (Phi) is 11.2. The topological polar surface area (TPSA) is 85.8 Å². The summed E-state index contributed by atoms with van der Waals surface area (Å²) in [5.74, 6) is 0.853. The lowest BCUT2D eigenvalue weighted by molar-refractivity contribution is 0.242. The van der Waals surface area contributed by atoms with Crippen molar-refractivity contribution >= 4 is 40.0 Å². The predicted octanol–water partition coefficient (Wildman–Crippen LogP) is 3.20. The zero-order valence-electron chi connectivity index (χ0n) is 19.6. The summed E-state index contributed by atoms with van der Waals surface area (Å²) >= 11 is 0. The van der Waals surface area contributed by atoms with E-state index in [2.05, 4.69) is 27.2 Å². The van der Waals surface area contributed by atoms with E-state index < -0.39 is 10.0 Å². The van der Waals surface area contributed by atoms with Crippen LogP contribution >= 0.6 is 24.0 Å². The van der Waals surface area contributed by atoms with E-state index in [0.717, 1.165) is 42.6 Å². The Hall–Kier alpha value is -0.910. The highest BCUT2D eigenvalue weighted by atomic mass is 127. The maximum Gasteiger partial charge on any atom is 0.216 e. The van der Waals surface area contributed by atoms with Gasteiger partial charge in [0.25, 0.3) is 0 Å². The van der Waals surface area contributed by atoms with E-state index in [4.69, 9.17) is 4.99 Å². The average Bonchev–Trinajstić information content (AvgIpc) is 3.38. The average molecular weight is 578 g/mol. The minimum absolute atomic E-state index is 0. The molecule has 2 aliphatic rings. The van der Waals surface area contributed by atoms with Gasteiger partial charge in [-0.2, -0.15) is 0 Å². The molecule has 0 radical (unpaired) electrons. The van der Waals surface area contributed by atoms with Crippen LogP contribution < -0.4 is 15.4 Å². The van der Waals surface area contributed by atoms with Crippen molar-refractivity contribution in [2.45, 2.75) is 83.3 Å². The van der Waals surface area contributed by atoms with Gasteiger partial charge in [0, 0.05) is 37.8 Å². The van der Waals surface area contributed by atoms with E-state index in [1.54, 1.807) is 0 Å². The molecule has 32 heavy (non-hydrogen) atoms. The summed E-state index contributed by atoms with van der Waals surface area (Å²) < 4.78 is 26.8. The van der Waals surface area contributed by atoms with Crippen LogP contribution in [0.5, 0.6) is 0 Å². The number of nitrogens with one attached hydrogen (secondary N) is 3. The molecule has 2 fully saturated rings. The fourth-order valence-corrected chi connectivity index (χ4v) is 5.98. The lowest BCUT2D eigenvalue weighted by Gasteiger charge is -2.24. The highest BCUT2D eigenvalue weighted by Crippen LogP contribution is 2.26. The lowest BCUT2D eigenvalue weighted by atomic mass is 10.1. The molecule has 1 heterocycles. The quantitative estimate of drug-likeness (QED) is 0.239. The molecule has 0 aromatic heterocycles. The monoisotopic (exact) mass is 577 g/mol. The van der Waals surface area contributed by atoms with Crippen LogP contribution in [0.2, 0.25) is 0 Å². The number of sulfonamides is 1. The molecule has 1 aromatic rings. The van der Waals surface area contributed by atoms with Crippen molar-refractivity contribution in [3.05, 3.63) is 35.4 Å². The molecule has 1 aromatic carbocycles. The molecule has 0 bridgehead atoms. The summed E-state index contributed by atoms with van der Waals surface area (Å²) in [4.78, 5) is 7.41. The van der Waals surface area contributed by atoms with E-state index in [9.17, 15) is 8.42 Å². The second kappa shape index (κ2) is 13.1. The van der Waals surface area contributed by atoms with E-state index >= 15 is 0 Å². The van der Waals surface area contributed by atoms with Gasteiger partial charge in [0.15, 0.2) is 5.96 Å². The van der Waals surface area contributed by atoms with Crippen LogP contribution in [0.4, 0.5) is 0 Å². The maximum atomic E-state index is 12.1. The largest absolute Gasteiger partial charge is 0.357 e. The molecule has 182 valence electrons. The van der Waals surface area contributed by atoms with Gasteiger partial charge in [-0.05, 0) is 51.2 Å². The smallest absolute Gasteiger partial charge is 0.216 e. The molecule has 3 rings (SSSR count). The number of aliphatic imine (C=N–C) groups is 1.